The Hall–Kier alpha value is -10.2. The highest BCUT2D eigenvalue weighted by Crippen LogP contribution is 2.47. The zero-order chi connectivity index (χ0) is 49.1. The summed E-state index contributed by atoms with van der Waals surface area (Å²) in [5.41, 5.74) is 12.7. The minimum absolute atomic E-state index is 0.543. The molecule has 0 aliphatic heterocycles. The molecular formula is C69H42N6. The van der Waals surface area contributed by atoms with Gasteiger partial charge in [0, 0.05) is 49.1 Å². The van der Waals surface area contributed by atoms with Gasteiger partial charge in [-0.05, 0) is 92.0 Å². The van der Waals surface area contributed by atoms with Crippen LogP contribution in [0.25, 0.3) is 149 Å². The lowest BCUT2D eigenvalue weighted by molar-refractivity contribution is 0.953. The molecule has 0 aliphatic carbocycles. The van der Waals surface area contributed by atoms with Gasteiger partial charge >= 0.3 is 0 Å². The van der Waals surface area contributed by atoms with Crippen LogP contribution in [0.3, 0.4) is 0 Å². The van der Waals surface area contributed by atoms with Crippen molar-refractivity contribution in [1.29, 1.82) is 0 Å². The summed E-state index contributed by atoms with van der Waals surface area (Å²) >= 11 is 0. The molecule has 0 atom stereocenters. The highest BCUT2D eigenvalue weighted by atomic mass is 15.2. The molecule has 4 aromatic heterocycles. The summed E-state index contributed by atoms with van der Waals surface area (Å²) in [6.45, 7) is 0. The van der Waals surface area contributed by atoms with Crippen molar-refractivity contribution >= 4 is 97.7 Å². The molecule has 0 amide bonds. The number of fused-ring (bicyclic) bond motifs is 16. The van der Waals surface area contributed by atoms with Crippen LogP contribution < -0.4 is 0 Å². The van der Waals surface area contributed by atoms with Gasteiger partial charge in [0.1, 0.15) is 0 Å². The number of rotatable bonds is 6. The summed E-state index contributed by atoms with van der Waals surface area (Å²) in [4.78, 5) is 16.0. The highest BCUT2D eigenvalue weighted by Gasteiger charge is 2.28. The molecule has 0 saturated heterocycles. The Labute approximate surface area is 430 Å². The van der Waals surface area contributed by atoms with Crippen LogP contribution in [-0.4, -0.2) is 28.7 Å². The van der Waals surface area contributed by atoms with E-state index in [2.05, 4.69) is 232 Å². The Morgan fingerprint density at radius 2 is 0.667 bits per heavy atom. The lowest BCUT2D eigenvalue weighted by Gasteiger charge is -2.16. The average molecular weight is 955 g/mol. The number of benzene rings is 12. The summed E-state index contributed by atoms with van der Waals surface area (Å²) < 4.78 is 7.27. The third-order valence-electron chi connectivity index (χ3n) is 15.4. The van der Waals surface area contributed by atoms with Crippen LogP contribution in [0.15, 0.2) is 255 Å². The van der Waals surface area contributed by atoms with Crippen LogP contribution in [0.1, 0.15) is 0 Å². The maximum Gasteiger partial charge on any atom is 0.238 e. The molecule has 348 valence electrons. The summed E-state index contributed by atoms with van der Waals surface area (Å²) in [5.74, 6) is 1.75. The fourth-order valence-corrected chi connectivity index (χ4v) is 12.2. The van der Waals surface area contributed by atoms with Crippen LogP contribution in [0, 0.1) is 0 Å². The van der Waals surface area contributed by atoms with Crippen molar-refractivity contribution in [3.05, 3.63) is 255 Å². The van der Waals surface area contributed by atoms with Crippen LogP contribution in [-0.2, 0) is 0 Å². The van der Waals surface area contributed by atoms with Gasteiger partial charge in [-0.2, -0.15) is 9.97 Å². The van der Waals surface area contributed by atoms with E-state index in [0.717, 1.165) is 88.3 Å². The van der Waals surface area contributed by atoms with Crippen molar-refractivity contribution in [3.8, 4) is 51.2 Å². The number of nitrogens with zero attached hydrogens (tertiary/aromatic N) is 6. The maximum absolute atomic E-state index is 5.43. The van der Waals surface area contributed by atoms with E-state index in [0.29, 0.717) is 17.6 Å². The van der Waals surface area contributed by atoms with Crippen molar-refractivity contribution in [3.63, 3.8) is 0 Å². The van der Waals surface area contributed by atoms with E-state index in [4.69, 9.17) is 15.0 Å². The Morgan fingerprint density at radius 3 is 1.24 bits per heavy atom. The molecule has 0 bridgehead atoms. The number of hydrogen-bond donors (Lipinski definition) is 0. The van der Waals surface area contributed by atoms with Gasteiger partial charge in [-0.3, -0.25) is 4.57 Å². The van der Waals surface area contributed by atoms with E-state index < -0.39 is 0 Å². The summed E-state index contributed by atoms with van der Waals surface area (Å²) in [7, 11) is 0. The third kappa shape index (κ3) is 6.17. The molecule has 0 N–H and O–H groups in total. The minimum Gasteiger partial charge on any atom is -0.309 e. The second-order valence-electron chi connectivity index (χ2n) is 19.5. The van der Waals surface area contributed by atoms with Crippen LogP contribution >= 0.6 is 0 Å². The minimum atomic E-state index is 0.543. The largest absolute Gasteiger partial charge is 0.309 e. The first-order chi connectivity index (χ1) is 37.2. The maximum atomic E-state index is 5.43. The van der Waals surface area contributed by atoms with Crippen LogP contribution in [0.2, 0.25) is 0 Å². The van der Waals surface area contributed by atoms with Crippen molar-refractivity contribution < 1.29 is 0 Å². The standard InChI is InChI=1S/C69H42N6/c1-3-20-43(21-4-1)67-70-68(44-22-5-2-6-23-44)72-69(71-67)75-61-36-17-13-32-55(61)58-42-63(74-59-34-15-11-30-53(59)54-31-12-16-35-60(54)74)64-56-33-14-18-37-62(56)73(66(64)65(58)75)47-25-19-24-45(40-47)46-38-39-52-50-28-8-7-26-48(50)49-27-9-10-29-51(49)57(52)41-46/h1-42H. The monoisotopic (exact) mass is 954 g/mol. The number of hydrogen-bond acceptors (Lipinski definition) is 3. The molecule has 4 heterocycles. The molecule has 0 unspecified atom stereocenters. The first kappa shape index (κ1) is 41.4. The van der Waals surface area contributed by atoms with Gasteiger partial charge in [-0.25, -0.2) is 4.98 Å². The van der Waals surface area contributed by atoms with Gasteiger partial charge in [0.05, 0.1) is 38.8 Å². The van der Waals surface area contributed by atoms with Gasteiger partial charge in [0.15, 0.2) is 11.6 Å². The Bertz CT molecular complexity index is 4860. The van der Waals surface area contributed by atoms with Crippen LogP contribution in [0.5, 0.6) is 0 Å². The molecule has 6 nitrogen and oxygen atoms in total. The van der Waals surface area contributed by atoms with E-state index in [-0.39, 0.29) is 0 Å². The molecule has 75 heavy (non-hydrogen) atoms. The van der Waals surface area contributed by atoms with Crippen molar-refractivity contribution in [2.24, 2.45) is 0 Å². The topological polar surface area (TPSA) is 53.5 Å². The fraction of sp³-hybridized carbons (Fsp3) is 0. The molecule has 0 radical (unpaired) electrons. The molecule has 0 fully saturated rings. The van der Waals surface area contributed by atoms with Gasteiger partial charge in [0.25, 0.3) is 0 Å². The Balaban J connectivity index is 1.05. The Kier molecular flexibility index (Phi) is 8.94. The highest BCUT2D eigenvalue weighted by molar-refractivity contribution is 6.28. The van der Waals surface area contributed by atoms with Gasteiger partial charge < -0.3 is 9.13 Å². The van der Waals surface area contributed by atoms with Crippen molar-refractivity contribution in [2.75, 3.05) is 0 Å². The van der Waals surface area contributed by atoms with E-state index in [1.165, 1.54) is 43.1 Å². The predicted molar refractivity (Wildman–Crippen MR) is 312 cm³/mol. The van der Waals surface area contributed by atoms with Gasteiger partial charge in [-0.1, -0.05) is 206 Å². The zero-order valence-corrected chi connectivity index (χ0v) is 40.4. The van der Waals surface area contributed by atoms with E-state index in [9.17, 15) is 0 Å². The van der Waals surface area contributed by atoms with Gasteiger partial charge in [-0.15, -0.1) is 0 Å². The lowest BCUT2D eigenvalue weighted by Crippen LogP contribution is -2.07. The summed E-state index contributed by atoms with van der Waals surface area (Å²) in [5, 5.41) is 14.4. The molecule has 16 rings (SSSR count). The SMILES string of the molecule is c1ccc(-c2nc(-c3ccccc3)nc(-n3c4ccccc4c4cc(-n5c6ccccc6c6ccccc65)c5c6ccccc6n(-c6cccc(-c7ccc8c9ccccc9c9ccccc9c8c7)c6)c5c43)n2)cc1. The normalized spacial score (nSPS) is 12.0. The number of aromatic nitrogens is 6. The average Bonchev–Trinajstić information content (AvgIpc) is 4.15. The predicted octanol–water partition coefficient (Wildman–Crippen LogP) is 17.6. The smallest absolute Gasteiger partial charge is 0.238 e. The molecular weight excluding hydrogens is 913 g/mol. The summed E-state index contributed by atoms with van der Waals surface area (Å²) in [6.07, 6.45) is 0. The van der Waals surface area contributed by atoms with E-state index >= 15 is 0 Å². The molecule has 0 aliphatic rings. The molecule has 12 aromatic carbocycles. The zero-order valence-electron chi connectivity index (χ0n) is 40.4. The van der Waals surface area contributed by atoms with E-state index in [1.54, 1.807) is 0 Å². The van der Waals surface area contributed by atoms with Crippen LogP contribution in [0.4, 0.5) is 0 Å². The molecule has 0 spiro atoms. The summed E-state index contributed by atoms with van der Waals surface area (Å²) in [6, 6.07) is 91.8. The number of para-hydroxylation sites is 4. The third-order valence-corrected chi connectivity index (χ3v) is 15.4. The van der Waals surface area contributed by atoms with Gasteiger partial charge in [0.2, 0.25) is 5.95 Å². The quantitative estimate of drug-likeness (QED) is 0.156. The fourth-order valence-electron chi connectivity index (χ4n) is 12.2. The molecule has 6 heteroatoms. The van der Waals surface area contributed by atoms with Crippen molar-refractivity contribution in [1.82, 2.24) is 28.7 Å². The second-order valence-corrected chi connectivity index (χ2v) is 19.5. The Morgan fingerprint density at radius 1 is 0.240 bits per heavy atom. The van der Waals surface area contributed by atoms with Crippen molar-refractivity contribution in [2.45, 2.75) is 0 Å². The second kappa shape index (κ2) is 16.2. The first-order valence-corrected chi connectivity index (χ1v) is 25.5. The lowest BCUT2D eigenvalue weighted by atomic mass is 9.92. The van der Waals surface area contributed by atoms with E-state index in [1.807, 2.05) is 36.4 Å². The first-order valence-electron chi connectivity index (χ1n) is 25.5. The molecule has 0 saturated carbocycles. The molecule has 16 aromatic rings.